The topological polar surface area (TPSA) is 168 Å². The van der Waals surface area contributed by atoms with Gasteiger partial charge in [-0.05, 0) is 110 Å². The van der Waals surface area contributed by atoms with E-state index in [2.05, 4.69) is 55.7 Å². The van der Waals surface area contributed by atoms with Gasteiger partial charge in [-0.2, -0.15) is 0 Å². The minimum Gasteiger partial charge on any atom is -0.488 e. The van der Waals surface area contributed by atoms with Crippen molar-refractivity contribution in [2.24, 2.45) is 21.8 Å². The molecule has 6 aromatic rings. The monoisotopic (exact) mass is 1040 g/mol. The summed E-state index contributed by atoms with van der Waals surface area (Å²) < 4.78 is 26.0. The van der Waals surface area contributed by atoms with Crippen LogP contribution in [0.2, 0.25) is 10.0 Å². The number of carbonyl (C=O) groups is 2. The maximum Gasteiger partial charge on any atom is 0.307 e. The van der Waals surface area contributed by atoms with Gasteiger partial charge in [0.1, 0.15) is 49.4 Å². The van der Waals surface area contributed by atoms with E-state index >= 15 is 0 Å². The van der Waals surface area contributed by atoms with E-state index in [0.29, 0.717) is 72.1 Å². The predicted octanol–water partition coefficient (Wildman–Crippen LogP) is 11.1. The zero-order valence-electron chi connectivity index (χ0n) is 42.2. The number of benzene rings is 4. The van der Waals surface area contributed by atoms with Gasteiger partial charge in [0.15, 0.2) is 0 Å². The van der Waals surface area contributed by atoms with Crippen LogP contribution in [0.5, 0.6) is 23.0 Å². The van der Waals surface area contributed by atoms with E-state index in [1.807, 2.05) is 60.7 Å². The Bertz CT molecular complexity index is 2820. The Morgan fingerprint density at radius 1 is 0.595 bits per heavy atom. The number of pyridine rings is 2. The summed E-state index contributed by atoms with van der Waals surface area (Å²) in [7, 11) is 3.42. The van der Waals surface area contributed by atoms with E-state index in [-0.39, 0.29) is 26.4 Å². The zero-order valence-corrected chi connectivity index (χ0v) is 43.7. The standard InChI is InChI=1S/C58H62Cl2N6O8/c1-37-45(35-73-55-21-53(71-33-41-17-39(23-61-3)25-63-27-41)47(19-51(55)59)31-65-15-7-11-43(29-65)57(67)68)9-5-13-49(37)50-14-6-10-46(38(50)2)36-74-56-22-54(72-34-42-18-40(24-62-4)26-64-28-42)48(20-52(56)60)32-66-16-8-12-44(30-66)58(69)70/h5-6,9-10,13-14,17-28,43-44H,7-8,11-12,15-16,29-36H2,1-4H3,(H,67,68)(H,69,70)/t43-,44-/m0/s1. The molecule has 14 nitrogen and oxygen atoms in total. The van der Waals surface area contributed by atoms with Crippen LogP contribution in [0.1, 0.15) is 81.3 Å². The first-order valence-corrected chi connectivity index (χ1v) is 25.6. The lowest BCUT2D eigenvalue weighted by molar-refractivity contribution is -0.144. The highest BCUT2D eigenvalue weighted by molar-refractivity contribution is 6.32. The van der Waals surface area contributed by atoms with E-state index in [1.165, 1.54) is 0 Å². The van der Waals surface area contributed by atoms with Crippen LogP contribution < -0.4 is 18.9 Å². The Morgan fingerprint density at radius 2 is 1.01 bits per heavy atom. The molecule has 0 amide bonds. The highest BCUT2D eigenvalue weighted by Gasteiger charge is 2.28. The van der Waals surface area contributed by atoms with Crippen LogP contribution in [0.4, 0.5) is 0 Å². The fourth-order valence-electron chi connectivity index (χ4n) is 9.68. The molecule has 2 atom stereocenters. The van der Waals surface area contributed by atoms with Gasteiger partial charge in [0.25, 0.3) is 0 Å². The van der Waals surface area contributed by atoms with Gasteiger partial charge in [0.05, 0.1) is 21.9 Å². The van der Waals surface area contributed by atoms with Crippen LogP contribution in [0.3, 0.4) is 0 Å². The number of rotatable bonds is 21. The molecule has 74 heavy (non-hydrogen) atoms. The number of aliphatic carboxylic acids is 2. The molecule has 0 radical (unpaired) electrons. The Labute approximate surface area is 442 Å². The smallest absolute Gasteiger partial charge is 0.307 e. The van der Waals surface area contributed by atoms with Crippen LogP contribution >= 0.6 is 23.2 Å². The number of aromatic nitrogens is 2. The second kappa shape index (κ2) is 25.4. The van der Waals surface area contributed by atoms with Gasteiger partial charge in [0, 0.05) is 123 Å². The summed E-state index contributed by atoms with van der Waals surface area (Å²) in [5.74, 6) is -0.310. The molecule has 0 saturated carbocycles. The van der Waals surface area contributed by atoms with Crippen molar-refractivity contribution in [3.8, 4) is 34.1 Å². The van der Waals surface area contributed by atoms with Crippen molar-refractivity contribution in [1.29, 1.82) is 0 Å². The third-order valence-electron chi connectivity index (χ3n) is 13.7. The summed E-state index contributed by atoms with van der Waals surface area (Å²) in [6.07, 6.45) is 13.4. The number of hydrogen-bond acceptors (Lipinski definition) is 12. The summed E-state index contributed by atoms with van der Waals surface area (Å²) in [5, 5.41) is 20.4. The average molecular weight is 1040 g/mol. The molecule has 0 aliphatic carbocycles. The second-order valence-electron chi connectivity index (χ2n) is 19.0. The predicted molar refractivity (Wildman–Crippen MR) is 288 cm³/mol. The minimum absolute atomic E-state index is 0.237. The first kappa shape index (κ1) is 53.5. The van der Waals surface area contributed by atoms with Crippen LogP contribution in [0.25, 0.3) is 11.1 Å². The van der Waals surface area contributed by atoms with Crippen LogP contribution in [0.15, 0.2) is 108 Å². The van der Waals surface area contributed by atoms with Gasteiger partial charge < -0.3 is 29.2 Å². The average Bonchev–Trinajstić information content (AvgIpc) is 3.39. The van der Waals surface area contributed by atoms with Crippen molar-refractivity contribution in [2.45, 2.75) is 79.0 Å². The van der Waals surface area contributed by atoms with Crippen molar-refractivity contribution in [2.75, 3.05) is 40.3 Å². The molecule has 8 rings (SSSR count). The normalized spacial score (nSPS) is 16.4. The van der Waals surface area contributed by atoms with Crippen LogP contribution in [-0.2, 0) is 49.1 Å². The van der Waals surface area contributed by atoms with E-state index in [9.17, 15) is 19.8 Å². The number of carboxylic acids is 2. The Hall–Kier alpha value is -6.84. The first-order chi connectivity index (χ1) is 35.8. The molecule has 2 N–H and O–H groups in total. The molecule has 2 aliphatic heterocycles. The molecular formula is C58H62Cl2N6O8. The highest BCUT2D eigenvalue weighted by Crippen LogP contribution is 2.39. The number of carboxylic acid groups (broad SMARTS) is 2. The number of nitrogens with zero attached hydrogens (tertiary/aromatic N) is 6. The molecule has 4 heterocycles. The quantitative estimate of drug-likeness (QED) is 0.0656. The van der Waals surface area contributed by atoms with Crippen molar-refractivity contribution in [3.63, 3.8) is 0 Å². The van der Waals surface area contributed by atoms with Crippen molar-refractivity contribution in [3.05, 3.63) is 163 Å². The number of aliphatic imine (C=N–C) groups is 2. The lowest BCUT2D eigenvalue weighted by atomic mass is 9.92. The number of likely N-dealkylation sites (tertiary alicyclic amines) is 2. The highest BCUT2D eigenvalue weighted by atomic mass is 35.5. The molecule has 2 saturated heterocycles. The molecule has 2 aromatic heterocycles. The van der Waals surface area contributed by atoms with Crippen molar-refractivity contribution < 1.29 is 38.7 Å². The first-order valence-electron chi connectivity index (χ1n) is 24.8. The lowest BCUT2D eigenvalue weighted by Gasteiger charge is -2.31. The molecule has 386 valence electrons. The van der Waals surface area contributed by atoms with Gasteiger partial charge in [-0.15, -0.1) is 0 Å². The fourth-order valence-corrected chi connectivity index (χ4v) is 10.2. The summed E-state index contributed by atoms with van der Waals surface area (Å²) in [6.45, 7) is 8.50. The minimum atomic E-state index is -0.781. The number of piperidine rings is 2. The molecular weight excluding hydrogens is 980 g/mol. The van der Waals surface area contributed by atoms with Gasteiger partial charge in [-0.25, -0.2) is 0 Å². The Morgan fingerprint density at radius 3 is 1.42 bits per heavy atom. The van der Waals surface area contributed by atoms with Crippen LogP contribution in [0, 0.1) is 25.7 Å². The largest absolute Gasteiger partial charge is 0.488 e. The Balaban J connectivity index is 0.995. The summed E-state index contributed by atoms with van der Waals surface area (Å²) in [6, 6.07) is 23.7. The van der Waals surface area contributed by atoms with Gasteiger partial charge in [-0.3, -0.25) is 39.3 Å². The maximum atomic E-state index is 11.9. The third-order valence-corrected chi connectivity index (χ3v) is 14.2. The molecule has 4 aromatic carbocycles. The summed E-state index contributed by atoms with van der Waals surface area (Å²) >= 11 is 14.0. The van der Waals surface area contributed by atoms with Crippen molar-refractivity contribution in [1.82, 2.24) is 19.8 Å². The van der Waals surface area contributed by atoms with Crippen LogP contribution in [-0.4, -0.2) is 94.6 Å². The zero-order chi connectivity index (χ0) is 52.1. The van der Waals surface area contributed by atoms with E-state index in [0.717, 1.165) is 92.7 Å². The molecule has 0 bridgehead atoms. The van der Waals surface area contributed by atoms with E-state index in [1.54, 1.807) is 51.3 Å². The third kappa shape index (κ3) is 13.9. The van der Waals surface area contributed by atoms with Gasteiger partial charge >= 0.3 is 11.9 Å². The number of ether oxygens (including phenoxy) is 4. The number of hydrogen-bond donors (Lipinski definition) is 2. The number of halogens is 2. The molecule has 0 spiro atoms. The maximum absolute atomic E-state index is 11.9. The molecule has 16 heteroatoms. The van der Waals surface area contributed by atoms with Gasteiger partial charge in [0.2, 0.25) is 0 Å². The summed E-state index contributed by atoms with van der Waals surface area (Å²) in [4.78, 5) is 45.0. The SMILES string of the molecule is CN=Cc1cncc(COc2cc(OCc3cccc(-c4cccc(COc5cc(OCc6cncc(C=NC)c6)c(CN6CCC[C@H](C(=O)O)C6)cc5Cl)c4C)c3C)c(Cl)cc2CN2CCC[C@H](C(=O)O)C2)c1. The fraction of sp³-hybridized carbons (Fsp3) is 0.345. The van der Waals surface area contributed by atoms with E-state index < -0.39 is 23.8 Å². The summed E-state index contributed by atoms with van der Waals surface area (Å²) in [5.41, 5.74) is 11.3. The van der Waals surface area contributed by atoms with E-state index in [4.69, 9.17) is 42.1 Å². The molecule has 2 fully saturated rings. The lowest BCUT2D eigenvalue weighted by Crippen LogP contribution is -2.38. The molecule has 2 aliphatic rings. The second-order valence-corrected chi connectivity index (χ2v) is 19.8. The molecule has 0 unspecified atom stereocenters. The van der Waals surface area contributed by atoms with Crippen molar-refractivity contribution >= 4 is 47.6 Å². The van der Waals surface area contributed by atoms with Gasteiger partial charge in [-0.1, -0.05) is 59.6 Å². The Kier molecular flexibility index (Phi) is 18.3.